The molecule has 1 aromatic carbocycles. The van der Waals surface area contributed by atoms with Gasteiger partial charge in [-0.3, -0.25) is 4.79 Å². The van der Waals surface area contributed by atoms with Gasteiger partial charge in [0.15, 0.2) is 0 Å². The van der Waals surface area contributed by atoms with Crippen molar-refractivity contribution in [2.75, 3.05) is 5.32 Å². The Balaban J connectivity index is 2.21. The molecule has 0 spiro atoms. The van der Waals surface area contributed by atoms with Gasteiger partial charge in [-0.1, -0.05) is 11.6 Å². The third-order valence-electron chi connectivity index (χ3n) is 2.30. The van der Waals surface area contributed by atoms with Crippen LogP contribution in [0.2, 0.25) is 5.02 Å². The fourth-order valence-electron chi connectivity index (χ4n) is 1.39. The van der Waals surface area contributed by atoms with Crippen LogP contribution in [0.5, 0.6) is 0 Å². The molecule has 1 amide bonds. The fourth-order valence-corrected chi connectivity index (χ4v) is 2.21. The molecule has 7 heteroatoms. The maximum atomic E-state index is 11.9. The number of rotatable bonds is 3. The van der Waals surface area contributed by atoms with E-state index in [0.29, 0.717) is 27.8 Å². The zero-order valence-corrected chi connectivity index (χ0v) is 11.3. The number of hydrogen-bond donors (Lipinski definition) is 2. The molecule has 96 valence electrons. The van der Waals surface area contributed by atoms with Gasteiger partial charge in [0, 0.05) is 11.9 Å². The van der Waals surface area contributed by atoms with Gasteiger partial charge >= 0.3 is 0 Å². The number of nitriles is 1. The van der Waals surface area contributed by atoms with E-state index in [1.54, 1.807) is 17.5 Å². The first-order valence-electron chi connectivity index (χ1n) is 5.29. The summed E-state index contributed by atoms with van der Waals surface area (Å²) in [6, 6.07) is 6.63. The highest BCUT2D eigenvalue weighted by atomic mass is 35.5. The van der Waals surface area contributed by atoms with E-state index in [-0.39, 0.29) is 11.6 Å². The lowest BCUT2D eigenvalue weighted by atomic mass is 10.2. The monoisotopic (exact) mass is 292 g/mol. The molecular weight excluding hydrogens is 284 g/mol. The van der Waals surface area contributed by atoms with Crippen molar-refractivity contribution in [1.29, 1.82) is 5.26 Å². The Morgan fingerprint density at radius 2 is 2.37 bits per heavy atom. The van der Waals surface area contributed by atoms with Crippen LogP contribution in [0.3, 0.4) is 0 Å². The van der Waals surface area contributed by atoms with Crippen molar-refractivity contribution in [2.24, 2.45) is 5.73 Å². The first-order valence-corrected chi connectivity index (χ1v) is 6.55. The molecule has 0 aliphatic heterocycles. The topological polar surface area (TPSA) is 91.8 Å². The van der Waals surface area contributed by atoms with E-state index in [9.17, 15) is 4.79 Å². The number of halogens is 1. The smallest absolute Gasteiger partial charge is 0.275 e. The lowest BCUT2D eigenvalue weighted by molar-refractivity contribution is 0.102. The van der Waals surface area contributed by atoms with E-state index >= 15 is 0 Å². The number of benzene rings is 1. The second-order valence-electron chi connectivity index (χ2n) is 3.59. The molecule has 0 fully saturated rings. The van der Waals surface area contributed by atoms with Gasteiger partial charge in [-0.15, -0.1) is 11.3 Å². The molecule has 3 N–H and O–H groups in total. The number of aromatic nitrogens is 1. The van der Waals surface area contributed by atoms with Gasteiger partial charge < -0.3 is 11.1 Å². The van der Waals surface area contributed by atoms with Crippen molar-refractivity contribution in [2.45, 2.75) is 6.54 Å². The van der Waals surface area contributed by atoms with Crippen molar-refractivity contribution in [1.82, 2.24) is 4.98 Å². The predicted molar refractivity (Wildman–Crippen MR) is 74.1 cm³/mol. The Labute approximate surface area is 118 Å². The predicted octanol–water partition coefficient (Wildman–Crippen LogP) is 2.38. The molecule has 0 radical (unpaired) electrons. The summed E-state index contributed by atoms with van der Waals surface area (Å²) in [7, 11) is 0. The lowest BCUT2D eigenvalue weighted by Gasteiger charge is -2.05. The molecule has 0 aliphatic rings. The van der Waals surface area contributed by atoms with Gasteiger partial charge in [0.1, 0.15) is 10.7 Å². The Hall–Kier alpha value is -1.94. The maximum absolute atomic E-state index is 11.9. The number of carbonyl (C=O) groups is 1. The molecule has 19 heavy (non-hydrogen) atoms. The maximum Gasteiger partial charge on any atom is 0.275 e. The van der Waals surface area contributed by atoms with Crippen molar-refractivity contribution in [3.05, 3.63) is 44.9 Å². The summed E-state index contributed by atoms with van der Waals surface area (Å²) in [4.78, 5) is 16.0. The number of nitrogens with two attached hydrogens (primary N) is 1. The van der Waals surface area contributed by atoms with Crippen molar-refractivity contribution in [3.63, 3.8) is 0 Å². The highest BCUT2D eigenvalue weighted by Crippen LogP contribution is 2.23. The molecule has 0 atom stereocenters. The van der Waals surface area contributed by atoms with Crippen molar-refractivity contribution < 1.29 is 4.79 Å². The first-order chi connectivity index (χ1) is 9.13. The average Bonchev–Trinajstić information content (AvgIpc) is 2.90. The molecule has 0 bridgehead atoms. The van der Waals surface area contributed by atoms with E-state index in [1.165, 1.54) is 17.4 Å². The standard InChI is InChI=1S/C12H9ClN4OS/c13-8-2-1-7(4-14)3-9(8)17-12(18)10-6-19-11(5-15)16-10/h1-3,6H,5,15H2,(H,17,18). The molecular formula is C12H9ClN4OS. The van der Waals surface area contributed by atoms with Crippen LogP contribution >= 0.6 is 22.9 Å². The van der Waals surface area contributed by atoms with Gasteiger partial charge in [-0.25, -0.2) is 4.98 Å². The minimum Gasteiger partial charge on any atom is -0.325 e. The summed E-state index contributed by atoms with van der Waals surface area (Å²) in [5.74, 6) is -0.382. The molecule has 2 aromatic rings. The number of nitrogens with zero attached hydrogens (tertiary/aromatic N) is 2. The molecule has 0 saturated carbocycles. The summed E-state index contributed by atoms with van der Waals surface area (Å²) in [6.45, 7) is 0.294. The number of nitrogens with one attached hydrogen (secondary N) is 1. The van der Waals surface area contributed by atoms with Gasteiger partial charge in [0.2, 0.25) is 0 Å². The normalized spacial score (nSPS) is 9.95. The van der Waals surface area contributed by atoms with E-state index in [0.717, 1.165) is 0 Å². The molecule has 0 aliphatic carbocycles. The van der Waals surface area contributed by atoms with Crippen LogP contribution in [-0.4, -0.2) is 10.9 Å². The second kappa shape index (κ2) is 5.80. The number of carbonyl (C=O) groups excluding carboxylic acids is 1. The van der Waals surface area contributed by atoms with E-state index in [1.807, 2.05) is 6.07 Å². The van der Waals surface area contributed by atoms with Gasteiger partial charge in [0.05, 0.1) is 22.3 Å². The van der Waals surface area contributed by atoms with E-state index in [2.05, 4.69) is 10.3 Å². The largest absolute Gasteiger partial charge is 0.325 e. The van der Waals surface area contributed by atoms with E-state index in [4.69, 9.17) is 22.6 Å². The molecule has 1 aromatic heterocycles. The molecule has 2 rings (SSSR count). The molecule has 0 saturated heterocycles. The van der Waals surface area contributed by atoms with Crippen LogP contribution in [0.25, 0.3) is 0 Å². The number of thiazole rings is 1. The van der Waals surface area contributed by atoms with E-state index < -0.39 is 0 Å². The van der Waals surface area contributed by atoms with Crippen LogP contribution in [0.4, 0.5) is 5.69 Å². The second-order valence-corrected chi connectivity index (χ2v) is 4.94. The Morgan fingerprint density at radius 3 is 3.00 bits per heavy atom. The van der Waals surface area contributed by atoms with Crippen LogP contribution in [-0.2, 0) is 6.54 Å². The minimum absolute atomic E-state index is 0.281. The SMILES string of the molecule is N#Cc1ccc(Cl)c(NC(=O)c2csc(CN)n2)c1. The quantitative estimate of drug-likeness (QED) is 0.908. The summed E-state index contributed by atoms with van der Waals surface area (Å²) in [5, 5.41) is 14.1. The van der Waals surface area contributed by atoms with Gasteiger partial charge in [-0.05, 0) is 18.2 Å². The Morgan fingerprint density at radius 1 is 1.58 bits per heavy atom. The zero-order chi connectivity index (χ0) is 13.8. The van der Waals surface area contributed by atoms with Crippen LogP contribution < -0.4 is 11.1 Å². The highest BCUT2D eigenvalue weighted by molar-refractivity contribution is 7.09. The molecule has 5 nitrogen and oxygen atoms in total. The third kappa shape index (κ3) is 3.09. The minimum atomic E-state index is -0.382. The van der Waals surface area contributed by atoms with Crippen LogP contribution in [0.1, 0.15) is 21.1 Å². The van der Waals surface area contributed by atoms with Gasteiger partial charge in [-0.2, -0.15) is 5.26 Å². The summed E-state index contributed by atoms with van der Waals surface area (Å²) < 4.78 is 0. The first kappa shape index (κ1) is 13.5. The lowest BCUT2D eigenvalue weighted by Crippen LogP contribution is -2.13. The number of hydrogen-bond acceptors (Lipinski definition) is 5. The zero-order valence-electron chi connectivity index (χ0n) is 9.68. The fraction of sp³-hybridized carbons (Fsp3) is 0.0833. The van der Waals surface area contributed by atoms with Crippen molar-refractivity contribution in [3.8, 4) is 6.07 Å². The Bertz CT molecular complexity index is 662. The summed E-state index contributed by atoms with van der Waals surface area (Å²) in [5.41, 5.74) is 6.52. The number of amides is 1. The average molecular weight is 293 g/mol. The van der Waals surface area contributed by atoms with Crippen LogP contribution in [0.15, 0.2) is 23.6 Å². The Kier molecular flexibility index (Phi) is 4.12. The van der Waals surface area contributed by atoms with Gasteiger partial charge in [0.25, 0.3) is 5.91 Å². The summed E-state index contributed by atoms with van der Waals surface area (Å²) >= 11 is 7.27. The van der Waals surface area contributed by atoms with Crippen molar-refractivity contribution >= 4 is 34.5 Å². The van der Waals surface area contributed by atoms with Crippen LogP contribution in [0, 0.1) is 11.3 Å². The highest BCUT2D eigenvalue weighted by Gasteiger charge is 2.12. The third-order valence-corrected chi connectivity index (χ3v) is 3.50. The number of anilines is 1. The molecule has 1 heterocycles. The summed E-state index contributed by atoms with van der Waals surface area (Å²) in [6.07, 6.45) is 0. The molecule has 0 unspecified atom stereocenters.